The van der Waals surface area contributed by atoms with E-state index < -0.39 is 23.3 Å². The van der Waals surface area contributed by atoms with Gasteiger partial charge in [0.05, 0.1) is 16.8 Å². The minimum atomic E-state index is -4.56. The summed E-state index contributed by atoms with van der Waals surface area (Å²) in [5.74, 6) is -0.154. The molecule has 0 spiro atoms. The highest BCUT2D eigenvalue weighted by atomic mass is 19.4. The maximum absolute atomic E-state index is 12.8. The van der Waals surface area contributed by atoms with Crippen molar-refractivity contribution in [1.82, 2.24) is 5.32 Å². The number of amides is 1. The van der Waals surface area contributed by atoms with Crippen molar-refractivity contribution in [3.63, 3.8) is 0 Å². The number of alkyl halides is 3. The summed E-state index contributed by atoms with van der Waals surface area (Å²) in [6.45, 7) is 1.89. The van der Waals surface area contributed by atoms with Crippen molar-refractivity contribution in [2.75, 3.05) is 5.73 Å². The van der Waals surface area contributed by atoms with E-state index in [9.17, 15) is 18.0 Å². The van der Waals surface area contributed by atoms with E-state index in [4.69, 9.17) is 5.73 Å². The zero-order valence-electron chi connectivity index (χ0n) is 11.8. The Morgan fingerprint density at radius 2 is 1.95 bits per heavy atom. The van der Waals surface area contributed by atoms with Gasteiger partial charge in [-0.05, 0) is 37.8 Å². The number of halogens is 3. The number of nitrogens with two attached hydrogens (primary N) is 1. The molecule has 6 heteroatoms. The van der Waals surface area contributed by atoms with Crippen molar-refractivity contribution >= 4 is 11.6 Å². The fourth-order valence-electron chi connectivity index (χ4n) is 2.87. The summed E-state index contributed by atoms with van der Waals surface area (Å²) < 4.78 is 38.4. The standard InChI is InChI=1S/C15H19F3N2O/c1-9(10-5-2-3-6-10)20-14(21)11-7-4-8-12(13(11)19)15(16,17)18/h4,7-10H,2-3,5-6,19H2,1H3,(H,20,21). The molecule has 0 radical (unpaired) electrons. The number of anilines is 1. The van der Waals surface area contributed by atoms with Crippen LogP contribution in [0.5, 0.6) is 0 Å². The van der Waals surface area contributed by atoms with Crippen LogP contribution in [0.4, 0.5) is 18.9 Å². The smallest absolute Gasteiger partial charge is 0.398 e. The number of nitrogens with one attached hydrogen (secondary N) is 1. The minimum absolute atomic E-state index is 0.0612. The van der Waals surface area contributed by atoms with Gasteiger partial charge in [-0.1, -0.05) is 18.9 Å². The van der Waals surface area contributed by atoms with E-state index in [0.29, 0.717) is 5.92 Å². The molecule has 0 aromatic heterocycles. The molecule has 1 aliphatic rings. The zero-order chi connectivity index (χ0) is 15.6. The summed E-state index contributed by atoms with van der Waals surface area (Å²) >= 11 is 0. The first-order valence-corrected chi connectivity index (χ1v) is 7.07. The Balaban J connectivity index is 2.16. The summed E-state index contributed by atoms with van der Waals surface area (Å²) in [7, 11) is 0. The second kappa shape index (κ2) is 5.95. The summed E-state index contributed by atoms with van der Waals surface area (Å²) in [6, 6.07) is 3.34. The van der Waals surface area contributed by atoms with Gasteiger partial charge in [-0.2, -0.15) is 13.2 Å². The van der Waals surface area contributed by atoms with Crippen LogP contribution in [0, 0.1) is 5.92 Å². The second-order valence-electron chi connectivity index (χ2n) is 5.57. The van der Waals surface area contributed by atoms with Gasteiger partial charge in [-0.25, -0.2) is 0 Å². The Bertz CT molecular complexity index is 522. The topological polar surface area (TPSA) is 55.1 Å². The summed E-state index contributed by atoms with van der Waals surface area (Å²) in [5.41, 5.74) is 3.92. The van der Waals surface area contributed by atoms with Gasteiger partial charge >= 0.3 is 6.18 Å². The third-order valence-electron chi connectivity index (χ3n) is 4.12. The fourth-order valence-corrected chi connectivity index (χ4v) is 2.87. The summed E-state index contributed by atoms with van der Waals surface area (Å²) in [5, 5.41) is 2.77. The number of hydrogen-bond donors (Lipinski definition) is 2. The van der Waals surface area contributed by atoms with Crippen LogP contribution < -0.4 is 11.1 Å². The number of carbonyl (C=O) groups is 1. The molecule has 0 heterocycles. The minimum Gasteiger partial charge on any atom is -0.398 e. The van der Waals surface area contributed by atoms with Gasteiger partial charge in [-0.3, -0.25) is 4.79 Å². The lowest BCUT2D eigenvalue weighted by Gasteiger charge is -2.21. The average molecular weight is 300 g/mol. The molecule has 0 aliphatic heterocycles. The van der Waals surface area contributed by atoms with Gasteiger partial charge in [0, 0.05) is 6.04 Å². The summed E-state index contributed by atoms with van der Waals surface area (Å²) in [6.07, 6.45) is -0.205. The number of carbonyl (C=O) groups excluding carboxylic acids is 1. The number of benzene rings is 1. The van der Waals surface area contributed by atoms with Crippen molar-refractivity contribution in [2.45, 2.75) is 44.8 Å². The maximum Gasteiger partial charge on any atom is 0.418 e. The molecule has 3 N–H and O–H groups in total. The summed E-state index contributed by atoms with van der Waals surface area (Å²) in [4.78, 5) is 12.2. The molecule has 1 aliphatic carbocycles. The van der Waals surface area contributed by atoms with Crippen LogP contribution in [0.15, 0.2) is 18.2 Å². The van der Waals surface area contributed by atoms with E-state index in [0.717, 1.165) is 31.7 Å². The van der Waals surface area contributed by atoms with Crippen LogP contribution in [-0.4, -0.2) is 11.9 Å². The molecule has 21 heavy (non-hydrogen) atoms. The van der Waals surface area contributed by atoms with E-state index >= 15 is 0 Å². The quantitative estimate of drug-likeness (QED) is 0.838. The second-order valence-corrected chi connectivity index (χ2v) is 5.57. The van der Waals surface area contributed by atoms with Crippen molar-refractivity contribution in [3.8, 4) is 0 Å². The van der Waals surface area contributed by atoms with Gasteiger partial charge < -0.3 is 11.1 Å². The molecular weight excluding hydrogens is 281 g/mol. The molecule has 1 saturated carbocycles. The normalized spacial score (nSPS) is 17.7. The first-order valence-electron chi connectivity index (χ1n) is 7.07. The maximum atomic E-state index is 12.8. The molecule has 1 aromatic carbocycles. The Labute approximate surface area is 121 Å². The third kappa shape index (κ3) is 3.49. The van der Waals surface area contributed by atoms with E-state index in [-0.39, 0.29) is 11.6 Å². The lowest BCUT2D eigenvalue weighted by molar-refractivity contribution is -0.136. The fraction of sp³-hybridized carbons (Fsp3) is 0.533. The first kappa shape index (κ1) is 15.7. The largest absolute Gasteiger partial charge is 0.418 e. The van der Waals surface area contributed by atoms with Gasteiger partial charge in [0.15, 0.2) is 0 Å². The molecule has 1 amide bonds. The zero-order valence-corrected chi connectivity index (χ0v) is 11.8. The molecule has 2 rings (SSSR count). The van der Waals surface area contributed by atoms with Crippen LogP contribution >= 0.6 is 0 Å². The van der Waals surface area contributed by atoms with Crippen LogP contribution in [0.2, 0.25) is 0 Å². The number of rotatable bonds is 3. The number of nitrogen functional groups attached to an aromatic ring is 1. The van der Waals surface area contributed by atoms with Gasteiger partial charge in [0.1, 0.15) is 0 Å². The highest BCUT2D eigenvalue weighted by Gasteiger charge is 2.34. The highest BCUT2D eigenvalue weighted by molar-refractivity contribution is 6.00. The van der Waals surface area contributed by atoms with Gasteiger partial charge in [0.25, 0.3) is 5.91 Å². The molecule has 1 aromatic rings. The molecule has 3 nitrogen and oxygen atoms in total. The van der Waals surface area contributed by atoms with E-state index in [1.165, 1.54) is 12.1 Å². The van der Waals surface area contributed by atoms with Crippen LogP contribution in [0.3, 0.4) is 0 Å². The molecule has 116 valence electrons. The monoisotopic (exact) mass is 300 g/mol. The number of hydrogen-bond acceptors (Lipinski definition) is 2. The Kier molecular flexibility index (Phi) is 4.44. The third-order valence-corrected chi connectivity index (χ3v) is 4.12. The van der Waals surface area contributed by atoms with Crippen molar-refractivity contribution in [1.29, 1.82) is 0 Å². The first-order chi connectivity index (χ1) is 9.80. The van der Waals surface area contributed by atoms with Crippen LogP contribution in [0.1, 0.15) is 48.5 Å². The van der Waals surface area contributed by atoms with E-state index in [2.05, 4.69) is 5.32 Å². The SMILES string of the molecule is CC(NC(=O)c1cccc(C(F)(F)F)c1N)C1CCCC1. The van der Waals surface area contributed by atoms with Crippen molar-refractivity contribution < 1.29 is 18.0 Å². The molecule has 0 saturated heterocycles. The van der Waals surface area contributed by atoms with Gasteiger partial charge in [0.2, 0.25) is 0 Å². The average Bonchev–Trinajstić information content (AvgIpc) is 2.91. The molecular formula is C15H19F3N2O. The lowest BCUT2D eigenvalue weighted by Crippen LogP contribution is -2.37. The van der Waals surface area contributed by atoms with Crippen molar-refractivity contribution in [3.05, 3.63) is 29.3 Å². The van der Waals surface area contributed by atoms with Crippen LogP contribution in [-0.2, 0) is 6.18 Å². The Hall–Kier alpha value is -1.72. The molecule has 1 unspecified atom stereocenters. The Morgan fingerprint density at radius 1 is 1.33 bits per heavy atom. The highest BCUT2D eigenvalue weighted by Crippen LogP contribution is 2.35. The predicted octanol–water partition coefficient (Wildman–Crippen LogP) is 3.60. The van der Waals surface area contributed by atoms with E-state index in [1.807, 2.05) is 6.92 Å². The number of para-hydroxylation sites is 1. The molecule has 0 bridgehead atoms. The van der Waals surface area contributed by atoms with E-state index in [1.54, 1.807) is 0 Å². The van der Waals surface area contributed by atoms with Gasteiger partial charge in [-0.15, -0.1) is 0 Å². The van der Waals surface area contributed by atoms with Crippen LogP contribution in [0.25, 0.3) is 0 Å². The molecule has 1 fully saturated rings. The predicted molar refractivity (Wildman–Crippen MR) is 74.7 cm³/mol. The molecule has 1 atom stereocenters. The van der Waals surface area contributed by atoms with Crippen molar-refractivity contribution in [2.24, 2.45) is 5.92 Å². The lowest BCUT2D eigenvalue weighted by atomic mass is 9.99. The Morgan fingerprint density at radius 3 is 2.52 bits per heavy atom.